The van der Waals surface area contributed by atoms with Gasteiger partial charge in [-0.3, -0.25) is 4.90 Å². The summed E-state index contributed by atoms with van der Waals surface area (Å²) in [4.78, 5) is 2.84. The summed E-state index contributed by atoms with van der Waals surface area (Å²) in [5, 5.41) is 3.83. The molecule has 2 heteroatoms. The molecule has 20 heavy (non-hydrogen) atoms. The average molecular weight is 278 g/mol. The lowest BCUT2D eigenvalue weighted by atomic mass is 9.75. The molecule has 0 amide bonds. The van der Waals surface area contributed by atoms with E-state index in [4.69, 9.17) is 0 Å². The average Bonchev–Trinajstić information content (AvgIpc) is 2.48. The minimum absolute atomic E-state index is 0.604. The van der Waals surface area contributed by atoms with Gasteiger partial charge in [-0.15, -0.1) is 0 Å². The van der Waals surface area contributed by atoms with Gasteiger partial charge in [0.1, 0.15) is 0 Å². The Morgan fingerprint density at radius 1 is 0.950 bits per heavy atom. The van der Waals surface area contributed by atoms with Crippen LogP contribution in [0.2, 0.25) is 0 Å². The summed E-state index contributed by atoms with van der Waals surface area (Å²) in [7, 11) is 0. The van der Waals surface area contributed by atoms with E-state index in [1.807, 2.05) is 0 Å². The smallest absolute Gasteiger partial charge is 0.0223 e. The Morgan fingerprint density at radius 2 is 1.65 bits per heavy atom. The van der Waals surface area contributed by atoms with Crippen LogP contribution in [0.25, 0.3) is 0 Å². The molecule has 0 radical (unpaired) electrons. The molecule has 0 bridgehead atoms. The van der Waals surface area contributed by atoms with Crippen molar-refractivity contribution in [2.75, 3.05) is 19.6 Å². The van der Waals surface area contributed by atoms with Crippen molar-refractivity contribution in [3.63, 3.8) is 0 Å². The lowest BCUT2D eigenvalue weighted by Crippen LogP contribution is -2.57. The first-order chi connectivity index (χ1) is 9.64. The minimum atomic E-state index is 0.604. The van der Waals surface area contributed by atoms with Crippen LogP contribution in [-0.4, -0.2) is 36.6 Å². The number of hydrogen-bond donors (Lipinski definition) is 1. The highest BCUT2D eigenvalue weighted by Gasteiger charge is 2.34. The van der Waals surface area contributed by atoms with Gasteiger partial charge in [-0.25, -0.2) is 0 Å². The third kappa shape index (κ3) is 3.57. The molecule has 1 saturated heterocycles. The van der Waals surface area contributed by atoms with Gasteiger partial charge in [0, 0.05) is 31.7 Å². The lowest BCUT2D eigenvalue weighted by molar-refractivity contribution is 0.0648. The first-order valence-electron chi connectivity index (χ1n) is 9.11. The first-order valence-corrected chi connectivity index (χ1v) is 9.11. The molecule has 3 rings (SSSR count). The molecule has 0 spiro atoms. The molecule has 0 aromatic rings. The van der Waals surface area contributed by atoms with Crippen LogP contribution in [0.1, 0.15) is 71.6 Å². The maximum atomic E-state index is 3.83. The lowest BCUT2D eigenvalue weighted by Gasteiger charge is -2.45. The van der Waals surface area contributed by atoms with Crippen LogP contribution in [0.5, 0.6) is 0 Å². The first kappa shape index (κ1) is 14.8. The zero-order valence-corrected chi connectivity index (χ0v) is 13.7. The SMILES string of the molecule is CC1(C)CCC(N2CCNC(C3CCCCC3)C2)CC1. The summed E-state index contributed by atoms with van der Waals surface area (Å²) in [5.74, 6) is 0.964. The van der Waals surface area contributed by atoms with Crippen molar-refractivity contribution in [2.24, 2.45) is 11.3 Å². The van der Waals surface area contributed by atoms with Gasteiger partial charge < -0.3 is 5.32 Å². The van der Waals surface area contributed by atoms with Crippen LogP contribution in [0, 0.1) is 11.3 Å². The maximum Gasteiger partial charge on any atom is 0.0223 e. The molecule has 1 N–H and O–H groups in total. The summed E-state index contributed by atoms with van der Waals surface area (Å²) in [6.07, 6.45) is 13.1. The van der Waals surface area contributed by atoms with Crippen molar-refractivity contribution < 1.29 is 0 Å². The van der Waals surface area contributed by atoms with Crippen molar-refractivity contribution in [1.82, 2.24) is 10.2 Å². The normalized spacial score (nSPS) is 34.2. The molecular formula is C18H34N2. The predicted molar refractivity (Wildman–Crippen MR) is 86.0 cm³/mol. The van der Waals surface area contributed by atoms with E-state index >= 15 is 0 Å². The van der Waals surface area contributed by atoms with Gasteiger partial charge in [0.05, 0.1) is 0 Å². The third-order valence-electron chi connectivity index (χ3n) is 6.28. The molecule has 116 valence electrons. The molecule has 1 heterocycles. The summed E-state index contributed by atoms with van der Waals surface area (Å²) in [6.45, 7) is 8.74. The molecule has 2 nitrogen and oxygen atoms in total. The highest BCUT2D eigenvalue weighted by molar-refractivity contribution is 4.91. The molecule has 2 aliphatic carbocycles. The van der Waals surface area contributed by atoms with Crippen molar-refractivity contribution in [2.45, 2.75) is 83.7 Å². The summed E-state index contributed by atoms with van der Waals surface area (Å²) in [6, 6.07) is 1.68. The summed E-state index contributed by atoms with van der Waals surface area (Å²) in [5.41, 5.74) is 0.604. The molecule has 1 unspecified atom stereocenters. The number of nitrogens with zero attached hydrogens (tertiary/aromatic N) is 1. The van der Waals surface area contributed by atoms with Crippen LogP contribution in [0.3, 0.4) is 0 Å². The Labute approximate surface area is 125 Å². The topological polar surface area (TPSA) is 15.3 Å². The molecule has 0 aromatic heterocycles. The van der Waals surface area contributed by atoms with Crippen LogP contribution < -0.4 is 5.32 Å². The van der Waals surface area contributed by atoms with Crippen molar-refractivity contribution in [3.8, 4) is 0 Å². The largest absolute Gasteiger partial charge is 0.311 e. The molecule has 0 aromatic carbocycles. The van der Waals surface area contributed by atoms with E-state index in [9.17, 15) is 0 Å². The maximum absolute atomic E-state index is 3.83. The number of piperazine rings is 1. The zero-order valence-electron chi connectivity index (χ0n) is 13.7. The Kier molecular flexibility index (Phi) is 4.72. The van der Waals surface area contributed by atoms with Gasteiger partial charge in [-0.2, -0.15) is 0 Å². The predicted octanol–water partition coefficient (Wildman–Crippen LogP) is 3.81. The van der Waals surface area contributed by atoms with Gasteiger partial charge in [-0.05, 0) is 49.9 Å². The molecule has 1 aliphatic heterocycles. The highest BCUT2D eigenvalue weighted by Crippen LogP contribution is 2.37. The Hall–Kier alpha value is -0.0800. The van der Waals surface area contributed by atoms with Gasteiger partial charge in [-0.1, -0.05) is 33.1 Å². The summed E-state index contributed by atoms with van der Waals surface area (Å²) < 4.78 is 0. The fourth-order valence-corrected chi connectivity index (χ4v) is 4.74. The number of hydrogen-bond acceptors (Lipinski definition) is 2. The quantitative estimate of drug-likeness (QED) is 0.826. The van der Waals surface area contributed by atoms with Gasteiger partial charge in [0.15, 0.2) is 0 Å². The van der Waals surface area contributed by atoms with Crippen LogP contribution >= 0.6 is 0 Å². The van der Waals surface area contributed by atoms with E-state index in [2.05, 4.69) is 24.1 Å². The zero-order chi connectivity index (χ0) is 14.0. The number of rotatable bonds is 2. The monoisotopic (exact) mass is 278 g/mol. The standard InChI is InChI=1S/C18H34N2/c1-18(2)10-8-16(9-11-18)20-13-12-19-17(14-20)15-6-4-3-5-7-15/h15-17,19H,3-14H2,1-2H3. The molecule has 2 saturated carbocycles. The van der Waals surface area contributed by atoms with E-state index in [-0.39, 0.29) is 0 Å². The van der Waals surface area contributed by atoms with E-state index < -0.39 is 0 Å². The molecule has 3 fully saturated rings. The third-order valence-corrected chi connectivity index (χ3v) is 6.28. The number of nitrogens with one attached hydrogen (secondary N) is 1. The fraction of sp³-hybridized carbons (Fsp3) is 1.00. The van der Waals surface area contributed by atoms with E-state index in [0.29, 0.717) is 5.41 Å². The van der Waals surface area contributed by atoms with Crippen LogP contribution in [0.15, 0.2) is 0 Å². The van der Waals surface area contributed by atoms with E-state index in [0.717, 1.165) is 18.0 Å². The molecule has 3 aliphatic rings. The molecular weight excluding hydrogens is 244 g/mol. The molecule has 1 atom stereocenters. The van der Waals surface area contributed by atoms with Gasteiger partial charge in [0.2, 0.25) is 0 Å². The minimum Gasteiger partial charge on any atom is -0.311 e. The van der Waals surface area contributed by atoms with E-state index in [1.165, 1.54) is 77.4 Å². The Bertz CT molecular complexity index is 297. The van der Waals surface area contributed by atoms with Crippen LogP contribution in [-0.2, 0) is 0 Å². The van der Waals surface area contributed by atoms with Crippen molar-refractivity contribution in [1.29, 1.82) is 0 Å². The summed E-state index contributed by atoms with van der Waals surface area (Å²) >= 11 is 0. The Balaban J connectivity index is 1.52. The van der Waals surface area contributed by atoms with Gasteiger partial charge in [0.25, 0.3) is 0 Å². The second-order valence-corrected chi connectivity index (χ2v) is 8.35. The highest BCUT2D eigenvalue weighted by atomic mass is 15.2. The van der Waals surface area contributed by atoms with Crippen molar-refractivity contribution in [3.05, 3.63) is 0 Å². The Morgan fingerprint density at radius 3 is 2.35 bits per heavy atom. The van der Waals surface area contributed by atoms with Gasteiger partial charge >= 0.3 is 0 Å². The van der Waals surface area contributed by atoms with Crippen LogP contribution in [0.4, 0.5) is 0 Å². The fourth-order valence-electron chi connectivity index (χ4n) is 4.74. The van der Waals surface area contributed by atoms with Crippen molar-refractivity contribution >= 4 is 0 Å². The van der Waals surface area contributed by atoms with E-state index in [1.54, 1.807) is 0 Å². The second kappa shape index (κ2) is 6.36. The second-order valence-electron chi connectivity index (χ2n) is 8.35.